The van der Waals surface area contributed by atoms with Gasteiger partial charge in [0.25, 0.3) is 0 Å². The van der Waals surface area contributed by atoms with E-state index in [1.807, 2.05) is 79.0 Å². The third-order valence-electron chi connectivity index (χ3n) is 10.2. The summed E-state index contributed by atoms with van der Waals surface area (Å²) in [5.74, 6) is 12.0. The minimum atomic E-state index is -1.09. The van der Waals surface area contributed by atoms with Gasteiger partial charge in [-0.2, -0.15) is 0 Å². The van der Waals surface area contributed by atoms with E-state index in [9.17, 15) is 19.8 Å². The maximum absolute atomic E-state index is 12.5. The fourth-order valence-electron chi connectivity index (χ4n) is 7.46. The van der Waals surface area contributed by atoms with Gasteiger partial charge in [-0.05, 0) is 105 Å². The number of aromatic nitrogens is 1. The first-order valence-corrected chi connectivity index (χ1v) is 20.0. The number of hydrogen-bond donors (Lipinski definition) is 5. The second kappa shape index (κ2) is 19.2. The summed E-state index contributed by atoms with van der Waals surface area (Å²) in [7, 11) is 0. The number of halogens is 2. The normalized spacial score (nSPS) is 21.6. The zero-order chi connectivity index (χ0) is 39.4. The largest absolute Gasteiger partial charge is 0.378 e. The van der Waals surface area contributed by atoms with E-state index in [-0.39, 0.29) is 23.9 Å². The van der Waals surface area contributed by atoms with E-state index in [4.69, 9.17) is 23.2 Å². The monoisotopic (exact) mass is 787 g/mol. The van der Waals surface area contributed by atoms with Gasteiger partial charge < -0.3 is 25.8 Å². The molecule has 5 aromatic rings. The van der Waals surface area contributed by atoms with Gasteiger partial charge in [0, 0.05) is 69.6 Å². The molecule has 0 unspecified atom stereocenters. The zero-order valence-corrected chi connectivity index (χ0v) is 32.8. The smallest absolute Gasteiger partial charge is 0.224 e. The Morgan fingerprint density at radius 1 is 0.714 bits per heavy atom. The molecule has 2 saturated carbocycles. The molecular weight excluding hydrogens is 741 g/mol. The number of carbonyl (C=O) groups is 2. The Balaban J connectivity index is 0.000000192. The molecule has 2 aliphatic carbocycles. The Morgan fingerprint density at radius 3 is 1.88 bits per heavy atom. The zero-order valence-electron chi connectivity index (χ0n) is 31.3. The number of aliphatic hydroxyl groups is 2. The molecule has 0 spiro atoms. The van der Waals surface area contributed by atoms with Crippen molar-refractivity contribution in [1.82, 2.24) is 15.6 Å². The van der Waals surface area contributed by atoms with Gasteiger partial charge in [0.05, 0.1) is 6.42 Å². The maximum atomic E-state index is 12.5. The lowest BCUT2D eigenvalue weighted by Gasteiger charge is -2.33. The summed E-state index contributed by atoms with van der Waals surface area (Å²) >= 11 is 12.0. The average Bonchev–Trinajstić information content (AvgIpc) is 3.66. The van der Waals surface area contributed by atoms with Crippen LogP contribution in [0.1, 0.15) is 80.0 Å². The molecule has 4 atom stereocenters. The van der Waals surface area contributed by atoms with Gasteiger partial charge in [-0.15, -0.1) is 0 Å². The Morgan fingerprint density at radius 2 is 1.29 bits per heavy atom. The van der Waals surface area contributed by atoms with Crippen LogP contribution < -0.4 is 10.6 Å². The summed E-state index contributed by atoms with van der Waals surface area (Å²) in [6, 6.07) is 32.2. The highest BCUT2D eigenvalue weighted by atomic mass is 35.5. The molecule has 7 rings (SSSR count). The maximum Gasteiger partial charge on any atom is 0.224 e. The summed E-state index contributed by atoms with van der Waals surface area (Å²) in [5.41, 5.74) is 2.62. The van der Waals surface area contributed by atoms with Crippen LogP contribution in [0.25, 0.3) is 10.9 Å². The molecule has 0 radical (unpaired) electrons. The standard InChI is InChI=1S/C25H25ClN2O2.C22H22ClNO2/c26-20-6-1-4-18(16-20)11-14-25(30)13-3-7-21(17-25)28-24(29)10-9-19-5-2-8-23-22(19)12-15-27-23;23-19-9-4-8-18(14-19)11-13-22(26)12-5-10-20(16-22)24-21(25)15-17-6-2-1-3-7-17/h1-2,4-6,8,12,15-16,21,27,30H,3,7,9-10,13,17H2,(H,28,29);1-4,6-9,14,20,26H,5,10,12,15-16H2,(H,24,25)/t21-,25+;20-,22+/m00/s1. The minimum absolute atomic E-state index is 0.0135. The molecule has 2 fully saturated rings. The third kappa shape index (κ3) is 12.2. The van der Waals surface area contributed by atoms with Crippen LogP contribution in [0.4, 0.5) is 0 Å². The van der Waals surface area contributed by atoms with E-state index in [0.29, 0.717) is 55.0 Å². The van der Waals surface area contributed by atoms with Gasteiger partial charge in [-0.1, -0.05) is 101 Å². The minimum Gasteiger partial charge on any atom is -0.378 e. The van der Waals surface area contributed by atoms with Gasteiger partial charge in [0.2, 0.25) is 11.8 Å². The highest BCUT2D eigenvalue weighted by Gasteiger charge is 2.34. The van der Waals surface area contributed by atoms with Crippen molar-refractivity contribution in [1.29, 1.82) is 0 Å². The van der Waals surface area contributed by atoms with Crippen LogP contribution in [0.2, 0.25) is 10.0 Å². The van der Waals surface area contributed by atoms with E-state index < -0.39 is 11.2 Å². The lowest BCUT2D eigenvalue weighted by Crippen LogP contribution is -2.45. The number of rotatable bonds is 7. The van der Waals surface area contributed by atoms with Crippen molar-refractivity contribution in [2.24, 2.45) is 0 Å². The summed E-state index contributed by atoms with van der Waals surface area (Å²) in [5, 5.41) is 30.3. The highest BCUT2D eigenvalue weighted by Crippen LogP contribution is 2.30. The molecule has 2 amide bonds. The number of hydrogen-bond acceptors (Lipinski definition) is 4. The van der Waals surface area contributed by atoms with Crippen LogP contribution in [-0.2, 0) is 22.4 Å². The number of amides is 2. The van der Waals surface area contributed by atoms with E-state index in [1.165, 1.54) is 0 Å². The Hall–Kier alpha value is -5.02. The Labute approximate surface area is 339 Å². The van der Waals surface area contributed by atoms with Gasteiger partial charge in [0.1, 0.15) is 11.2 Å². The Kier molecular flexibility index (Phi) is 13.9. The number of benzene rings is 4. The summed E-state index contributed by atoms with van der Waals surface area (Å²) < 4.78 is 0. The van der Waals surface area contributed by atoms with Crippen LogP contribution in [-0.4, -0.2) is 50.3 Å². The number of aromatic amines is 1. The van der Waals surface area contributed by atoms with E-state index in [0.717, 1.165) is 58.8 Å². The van der Waals surface area contributed by atoms with Crippen molar-refractivity contribution in [3.05, 3.63) is 142 Å². The van der Waals surface area contributed by atoms with E-state index in [2.05, 4.69) is 45.4 Å². The van der Waals surface area contributed by atoms with Crippen LogP contribution in [0.3, 0.4) is 0 Å². The molecule has 0 saturated heterocycles. The first kappa shape index (κ1) is 40.6. The number of H-pyrrole nitrogens is 1. The van der Waals surface area contributed by atoms with Crippen LogP contribution >= 0.6 is 23.2 Å². The second-order valence-corrected chi connectivity index (χ2v) is 15.7. The summed E-state index contributed by atoms with van der Waals surface area (Å²) in [6.45, 7) is 0. The van der Waals surface area contributed by atoms with Crippen LogP contribution in [0.15, 0.2) is 109 Å². The first-order valence-electron chi connectivity index (χ1n) is 19.2. The number of aryl methyl sites for hydroxylation is 1. The molecule has 1 aromatic heterocycles. The lowest BCUT2D eigenvalue weighted by molar-refractivity contribution is -0.123. The molecular formula is C47H47Cl2N3O4. The Bertz CT molecular complexity index is 2250. The fourth-order valence-corrected chi connectivity index (χ4v) is 7.85. The second-order valence-electron chi connectivity index (χ2n) is 14.8. The van der Waals surface area contributed by atoms with Crippen molar-refractivity contribution in [3.8, 4) is 23.7 Å². The number of carbonyl (C=O) groups excluding carboxylic acids is 2. The molecule has 0 aliphatic heterocycles. The topological polar surface area (TPSA) is 114 Å². The number of nitrogens with one attached hydrogen (secondary N) is 3. The molecule has 0 bridgehead atoms. The van der Waals surface area contributed by atoms with Crippen molar-refractivity contribution in [2.45, 2.75) is 93.9 Å². The number of fused-ring (bicyclic) bond motifs is 1. The molecule has 5 N–H and O–H groups in total. The van der Waals surface area contributed by atoms with Gasteiger partial charge in [0.15, 0.2) is 0 Å². The molecule has 1 heterocycles. The lowest BCUT2D eigenvalue weighted by atomic mass is 9.82. The third-order valence-corrected chi connectivity index (χ3v) is 10.7. The summed E-state index contributed by atoms with van der Waals surface area (Å²) in [6.07, 6.45) is 8.88. The predicted molar refractivity (Wildman–Crippen MR) is 224 cm³/mol. The molecule has 4 aromatic carbocycles. The summed E-state index contributed by atoms with van der Waals surface area (Å²) in [4.78, 5) is 28.0. The van der Waals surface area contributed by atoms with Crippen molar-refractivity contribution in [3.63, 3.8) is 0 Å². The van der Waals surface area contributed by atoms with Crippen molar-refractivity contribution >= 4 is 45.9 Å². The van der Waals surface area contributed by atoms with Crippen LogP contribution in [0, 0.1) is 23.7 Å². The molecule has 288 valence electrons. The van der Waals surface area contributed by atoms with Gasteiger partial charge in [-0.25, -0.2) is 0 Å². The van der Waals surface area contributed by atoms with Crippen molar-refractivity contribution < 1.29 is 19.8 Å². The molecule has 56 heavy (non-hydrogen) atoms. The molecule has 9 heteroatoms. The fraction of sp³-hybridized carbons (Fsp3) is 0.319. The highest BCUT2D eigenvalue weighted by molar-refractivity contribution is 6.31. The predicted octanol–water partition coefficient (Wildman–Crippen LogP) is 8.32. The average molecular weight is 789 g/mol. The van der Waals surface area contributed by atoms with Crippen LogP contribution in [0.5, 0.6) is 0 Å². The van der Waals surface area contributed by atoms with Gasteiger partial charge in [-0.3, -0.25) is 9.59 Å². The van der Waals surface area contributed by atoms with Gasteiger partial charge >= 0.3 is 0 Å². The van der Waals surface area contributed by atoms with E-state index >= 15 is 0 Å². The van der Waals surface area contributed by atoms with Crippen molar-refractivity contribution in [2.75, 3.05) is 0 Å². The SMILES string of the molecule is O=C(CCc1cccc2[nH]ccc12)N[C@H]1CCC[C@@](O)(C#Cc2cccc(Cl)c2)C1.O=C(Cc1ccccc1)N[C@H]1CCC[C@@](O)(C#Cc2cccc(Cl)c2)C1. The molecule has 2 aliphatic rings. The molecule has 7 nitrogen and oxygen atoms in total. The van der Waals surface area contributed by atoms with E-state index in [1.54, 1.807) is 24.3 Å². The first-order chi connectivity index (χ1) is 27.0. The quantitative estimate of drug-likeness (QED) is 0.107.